The molecule has 134 valence electrons. The molecule has 0 bridgehead atoms. The minimum absolute atomic E-state index is 0.451. The second-order valence-corrected chi connectivity index (χ2v) is 7.17. The van der Waals surface area contributed by atoms with E-state index in [-0.39, 0.29) is 0 Å². The summed E-state index contributed by atoms with van der Waals surface area (Å²) in [4.78, 5) is 11.6. The topological polar surface area (TPSA) is 46.8 Å². The van der Waals surface area contributed by atoms with Crippen molar-refractivity contribution in [2.75, 3.05) is 20.1 Å². The van der Waals surface area contributed by atoms with Crippen LogP contribution in [0.2, 0.25) is 0 Å². The summed E-state index contributed by atoms with van der Waals surface area (Å²) >= 11 is 0. The second-order valence-electron chi connectivity index (χ2n) is 7.17. The van der Waals surface area contributed by atoms with Gasteiger partial charge >= 0.3 is 0 Å². The molecule has 0 unspecified atom stereocenters. The van der Waals surface area contributed by atoms with Crippen molar-refractivity contribution in [3.8, 4) is 0 Å². The van der Waals surface area contributed by atoms with E-state index in [0.717, 1.165) is 36.7 Å². The molecule has 0 spiro atoms. The van der Waals surface area contributed by atoms with Gasteiger partial charge in [0.15, 0.2) is 5.82 Å². The number of rotatable bonds is 5. The number of nitrogens with zero attached hydrogens (tertiary/aromatic N) is 5. The zero-order chi connectivity index (χ0) is 17.8. The maximum absolute atomic E-state index is 4.96. The number of hydrogen-bond acceptors (Lipinski definition) is 4. The molecule has 5 nitrogen and oxygen atoms in total. The van der Waals surface area contributed by atoms with Crippen molar-refractivity contribution < 1.29 is 0 Å². The highest BCUT2D eigenvalue weighted by atomic mass is 15.4. The van der Waals surface area contributed by atoms with Crippen LogP contribution in [0, 0.1) is 0 Å². The van der Waals surface area contributed by atoms with Crippen molar-refractivity contribution in [2.24, 2.45) is 0 Å². The van der Waals surface area contributed by atoms with Gasteiger partial charge in [-0.15, -0.1) is 0 Å². The van der Waals surface area contributed by atoms with Crippen LogP contribution in [-0.4, -0.2) is 44.8 Å². The first kappa shape index (κ1) is 16.9. The normalized spacial score (nSPS) is 18.1. The van der Waals surface area contributed by atoms with Crippen molar-refractivity contribution in [2.45, 2.75) is 31.7 Å². The van der Waals surface area contributed by atoms with Gasteiger partial charge in [-0.25, -0.2) is 9.67 Å². The Labute approximate surface area is 154 Å². The number of aromatic nitrogens is 4. The van der Waals surface area contributed by atoms with Crippen LogP contribution in [0.5, 0.6) is 0 Å². The highest BCUT2D eigenvalue weighted by Crippen LogP contribution is 2.26. The number of piperidine rings is 1. The van der Waals surface area contributed by atoms with E-state index >= 15 is 0 Å². The van der Waals surface area contributed by atoms with E-state index in [0.29, 0.717) is 5.92 Å². The smallest absolute Gasteiger partial charge is 0.155 e. The third-order valence-corrected chi connectivity index (χ3v) is 4.99. The molecule has 0 amide bonds. The van der Waals surface area contributed by atoms with Crippen LogP contribution in [0.15, 0.2) is 54.9 Å². The highest BCUT2D eigenvalue weighted by Gasteiger charge is 2.25. The molecule has 1 fully saturated rings. The third-order valence-electron chi connectivity index (χ3n) is 4.99. The summed E-state index contributed by atoms with van der Waals surface area (Å²) in [5, 5.41) is 4.86. The Morgan fingerprint density at radius 3 is 2.69 bits per heavy atom. The number of benzene rings is 1. The quantitative estimate of drug-likeness (QED) is 0.711. The maximum atomic E-state index is 4.96. The predicted molar refractivity (Wildman–Crippen MR) is 102 cm³/mol. The molecule has 5 heteroatoms. The Morgan fingerprint density at radius 1 is 1.08 bits per heavy atom. The minimum atomic E-state index is 0.451. The van der Waals surface area contributed by atoms with Crippen LogP contribution < -0.4 is 0 Å². The number of likely N-dealkylation sites (tertiary alicyclic amines) is 1. The van der Waals surface area contributed by atoms with E-state index in [4.69, 9.17) is 10.1 Å². The zero-order valence-electron chi connectivity index (χ0n) is 15.3. The largest absolute Gasteiger partial charge is 0.306 e. The minimum Gasteiger partial charge on any atom is -0.306 e. The molecule has 3 aromatic rings. The maximum Gasteiger partial charge on any atom is 0.155 e. The lowest BCUT2D eigenvalue weighted by Gasteiger charge is -2.29. The first-order valence-electron chi connectivity index (χ1n) is 9.33. The fourth-order valence-corrected chi connectivity index (χ4v) is 3.71. The summed E-state index contributed by atoms with van der Waals surface area (Å²) in [6.07, 6.45) is 6.83. The van der Waals surface area contributed by atoms with Gasteiger partial charge in [0.2, 0.25) is 0 Å². The lowest BCUT2D eigenvalue weighted by atomic mass is 9.97. The Bertz CT molecular complexity index is 828. The molecule has 0 aliphatic carbocycles. The summed E-state index contributed by atoms with van der Waals surface area (Å²) < 4.78 is 2.12. The highest BCUT2D eigenvalue weighted by molar-refractivity contribution is 5.18. The van der Waals surface area contributed by atoms with Gasteiger partial charge in [-0.2, -0.15) is 5.10 Å². The Kier molecular flexibility index (Phi) is 5.07. The summed E-state index contributed by atoms with van der Waals surface area (Å²) in [5.41, 5.74) is 2.41. The molecule has 1 aromatic carbocycles. The first-order chi connectivity index (χ1) is 12.8. The van der Waals surface area contributed by atoms with Gasteiger partial charge in [-0.05, 0) is 43.6 Å². The molecule has 0 N–H and O–H groups in total. The standard InChI is InChI=1S/C21H25N5/c1-25-12-6-10-19(16-25)21-23-20(13-18-9-5-11-22-14-18)24-26(21)15-17-7-3-2-4-8-17/h2-5,7-9,11,14,19H,6,10,12-13,15-16H2,1H3/t19-/m1/s1. The van der Waals surface area contributed by atoms with Crippen LogP contribution in [-0.2, 0) is 13.0 Å². The Balaban J connectivity index is 1.63. The summed E-state index contributed by atoms with van der Waals surface area (Å²) in [7, 11) is 2.20. The predicted octanol–water partition coefficient (Wildman–Crippen LogP) is 3.12. The van der Waals surface area contributed by atoms with Gasteiger partial charge in [-0.1, -0.05) is 36.4 Å². The molecular formula is C21H25N5. The summed E-state index contributed by atoms with van der Waals surface area (Å²) in [6, 6.07) is 14.6. The van der Waals surface area contributed by atoms with Gasteiger partial charge in [-0.3, -0.25) is 4.98 Å². The molecule has 1 aliphatic rings. The van der Waals surface area contributed by atoms with Gasteiger partial charge < -0.3 is 4.90 Å². The summed E-state index contributed by atoms with van der Waals surface area (Å²) in [5.74, 6) is 2.46. The Hall–Kier alpha value is -2.53. The van der Waals surface area contributed by atoms with Crippen LogP contribution in [0.1, 0.15) is 41.5 Å². The first-order valence-corrected chi connectivity index (χ1v) is 9.33. The van der Waals surface area contributed by atoms with Crippen molar-refractivity contribution >= 4 is 0 Å². The van der Waals surface area contributed by atoms with E-state index in [2.05, 4.69) is 58.0 Å². The van der Waals surface area contributed by atoms with Crippen molar-refractivity contribution in [1.82, 2.24) is 24.6 Å². The molecule has 0 saturated carbocycles. The van der Waals surface area contributed by atoms with E-state index in [1.165, 1.54) is 24.9 Å². The van der Waals surface area contributed by atoms with Crippen molar-refractivity contribution in [3.63, 3.8) is 0 Å². The lowest BCUT2D eigenvalue weighted by Crippen LogP contribution is -2.32. The molecule has 1 aliphatic heterocycles. The molecule has 2 aromatic heterocycles. The summed E-state index contributed by atoms with van der Waals surface area (Å²) in [6.45, 7) is 3.00. The van der Waals surface area contributed by atoms with Gasteiger partial charge in [0.05, 0.1) is 6.54 Å². The molecule has 4 rings (SSSR count). The van der Waals surface area contributed by atoms with Crippen LogP contribution in [0.25, 0.3) is 0 Å². The molecule has 1 saturated heterocycles. The number of pyridine rings is 1. The van der Waals surface area contributed by atoms with Crippen molar-refractivity contribution in [3.05, 3.63) is 77.6 Å². The molecule has 3 heterocycles. The van der Waals surface area contributed by atoms with Crippen LogP contribution >= 0.6 is 0 Å². The van der Waals surface area contributed by atoms with E-state index in [9.17, 15) is 0 Å². The van der Waals surface area contributed by atoms with Crippen LogP contribution in [0.3, 0.4) is 0 Å². The molecule has 1 atom stereocenters. The number of hydrogen-bond donors (Lipinski definition) is 0. The van der Waals surface area contributed by atoms with E-state index in [1.54, 1.807) is 6.20 Å². The average molecular weight is 347 g/mol. The van der Waals surface area contributed by atoms with E-state index < -0.39 is 0 Å². The zero-order valence-corrected chi connectivity index (χ0v) is 15.3. The van der Waals surface area contributed by atoms with E-state index in [1.807, 2.05) is 12.3 Å². The Morgan fingerprint density at radius 2 is 1.92 bits per heavy atom. The molecular weight excluding hydrogens is 322 g/mol. The molecule has 0 radical (unpaired) electrons. The third kappa shape index (κ3) is 3.99. The number of likely N-dealkylation sites (N-methyl/N-ethyl adjacent to an activating group) is 1. The van der Waals surface area contributed by atoms with Gasteiger partial charge in [0.1, 0.15) is 5.82 Å². The van der Waals surface area contributed by atoms with Crippen LogP contribution in [0.4, 0.5) is 0 Å². The molecule has 26 heavy (non-hydrogen) atoms. The SMILES string of the molecule is CN1CCC[C@@H](c2nc(Cc3cccnc3)nn2Cc2ccccc2)C1. The fraction of sp³-hybridized carbons (Fsp3) is 0.381. The lowest BCUT2D eigenvalue weighted by molar-refractivity contribution is 0.242. The van der Waals surface area contributed by atoms with Gasteiger partial charge in [0.25, 0.3) is 0 Å². The monoisotopic (exact) mass is 347 g/mol. The average Bonchev–Trinajstić information content (AvgIpc) is 3.05. The van der Waals surface area contributed by atoms with Gasteiger partial charge in [0, 0.05) is 31.3 Å². The second kappa shape index (κ2) is 7.79. The van der Waals surface area contributed by atoms with Crippen molar-refractivity contribution in [1.29, 1.82) is 0 Å². The fourth-order valence-electron chi connectivity index (χ4n) is 3.71.